The average molecular weight is 341 g/mol. The van der Waals surface area contributed by atoms with Gasteiger partial charge in [-0.15, -0.1) is 0 Å². The normalized spacial score (nSPS) is 23.0. The van der Waals surface area contributed by atoms with Gasteiger partial charge in [0.15, 0.2) is 0 Å². The van der Waals surface area contributed by atoms with Gasteiger partial charge in [-0.2, -0.15) is 11.8 Å². The van der Waals surface area contributed by atoms with Crippen LogP contribution < -0.4 is 0 Å². The SMILES string of the molecule is CCCCCC(O)CC[C@H]1CSC[C@H]1CC=CCC=CC(=O)O. The van der Waals surface area contributed by atoms with E-state index in [-0.39, 0.29) is 6.10 Å². The number of rotatable bonds is 12. The first-order valence-corrected chi connectivity index (χ1v) is 10.1. The third kappa shape index (κ3) is 9.87. The molecule has 4 heteroatoms. The van der Waals surface area contributed by atoms with E-state index in [1.54, 1.807) is 6.08 Å². The Kier molecular flexibility index (Phi) is 11.2. The number of carbonyl (C=O) groups is 1. The number of aliphatic hydroxyl groups excluding tert-OH is 1. The monoisotopic (exact) mass is 340 g/mol. The number of aliphatic hydroxyl groups is 1. The van der Waals surface area contributed by atoms with Gasteiger partial charge in [-0.3, -0.25) is 0 Å². The summed E-state index contributed by atoms with van der Waals surface area (Å²) >= 11 is 2.03. The van der Waals surface area contributed by atoms with Crippen molar-refractivity contribution in [1.82, 2.24) is 0 Å². The summed E-state index contributed by atoms with van der Waals surface area (Å²) in [6.45, 7) is 2.19. The van der Waals surface area contributed by atoms with Crippen LogP contribution in [0.3, 0.4) is 0 Å². The van der Waals surface area contributed by atoms with Crippen molar-refractivity contribution in [2.75, 3.05) is 11.5 Å². The molecule has 0 aromatic heterocycles. The number of hydrogen-bond donors (Lipinski definition) is 2. The minimum atomic E-state index is -0.886. The zero-order valence-corrected chi connectivity index (χ0v) is 15.1. The first-order chi connectivity index (χ1) is 11.1. The van der Waals surface area contributed by atoms with Crippen molar-refractivity contribution in [3.8, 4) is 0 Å². The Bertz CT molecular complexity index is 379. The maximum atomic E-state index is 10.4. The number of unbranched alkanes of at least 4 members (excludes halogenated alkanes) is 2. The Hall–Kier alpha value is -0.740. The van der Waals surface area contributed by atoms with Crippen molar-refractivity contribution in [1.29, 1.82) is 0 Å². The fourth-order valence-corrected chi connectivity index (χ4v) is 4.61. The number of allylic oxidation sites excluding steroid dienone is 3. The summed E-state index contributed by atoms with van der Waals surface area (Å²) in [7, 11) is 0. The highest BCUT2D eigenvalue weighted by Gasteiger charge is 2.26. The van der Waals surface area contributed by atoms with E-state index in [4.69, 9.17) is 5.11 Å². The van der Waals surface area contributed by atoms with Gasteiger partial charge in [-0.25, -0.2) is 4.79 Å². The Morgan fingerprint density at radius 2 is 1.96 bits per heavy atom. The zero-order valence-electron chi connectivity index (χ0n) is 14.3. The largest absolute Gasteiger partial charge is 0.478 e. The lowest BCUT2D eigenvalue weighted by Crippen LogP contribution is -2.15. The van der Waals surface area contributed by atoms with E-state index < -0.39 is 5.97 Å². The molecular formula is C19H32O3S. The topological polar surface area (TPSA) is 57.5 Å². The summed E-state index contributed by atoms with van der Waals surface area (Å²) in [4.78, 5) is 10.4. The molecule has 0 radical (unpaired) electrons. The maximum absolute atomic E-state index is 10.4. The Morgan fingerprint density at radius 1 is 1.17 bits per heavy atom. The van der Waals surface area contributed by atoms with Crippen molar-refractivity contribution in [3.63, 3.8) is 0 Å². The highest BCUT2D eigenvalue weighted by molar-refractivity contribution is 7.99. The minimum absolute atomic E-state index is 0.121. The maximum Gasteiger partial charge on any atom is 0.327 e. The number of thioether (sulfide) groups is 1. The molecule has 1 saturated heterocycles. The third-order valence-electron chi connectivity index (χ3n) is 4.48. The molecule has 0 spiro atoms. The van der Waals surface area contributed by atoms with Gasteiger partial charge in [0.25, 0.3) is 0 Å². The van der Waals surface area contributed by atoms with E-state index in [1.165, 1.54) is 30.4 Å². The number of carboxylic acids is 1. The lowest BCUT2D eigenvalue weighted by Gasteiger charge is -2.19. The number of aliphatic carboxylic acids is 1. The molecule has 0 bridgehead atoms. The molecule has 0 aromatic rings. The fourth-order valence-electron chi connectivity index (χ4n) is 3.02. The van der Waals surface area contributed by atoms with Crippen molar-refractivity contribution >= 4 is 17.7 Å². The van der Waals surface area contributed by atoms with Crippen molar-refractivity contribution < 1.29 is 15.0 Å². The number of hydrogen-bond acceptors (Lipinski definition) is 3. The zero-order chi connectivity index (χ0) is 16.9. The van der Waals surface area contributed by atoms with E-state index in [9.17, 15) is 9.90 Å². The van der Waals surface area contributed by atoms with Crippen molar-refractivity contribution in [2.24, 2.45) is 11.8 Å². The summed E-state index contributed by atoms with van der Waals surface area (Å²) in [5, 5.41) is 18.6. The quantitative estimate of drug-likeness (QED) is 0.308. The van der Waals surface area contributed by atoms with E-state index in [1.807, 2.05) is 11.8 Å². The second-order valence-electron chi connectivity index (χ2n) is 6.47. The third-order valence-corrected chi connectivity index (χ3v) is 5.81. The molecule has 1 aliphatic rings. The molecule has 0 saturated carbocycles. The fraction of sp³-hybridized carbons (Fsp3) is 0.737. The van der Waals surface area contributed by atoms with E-state index >= 15 is 0 Å². The molecule has 0 aromatic carbocycles. The van der Waals surface area contributed by atoms with Crippen LogP contribution in [0.15, 0.2) is 24.3 Å². The molecule has 1 aliphatic heterocycles. The van der Waals surface area contributed by atoms with Gasteiger partial charge in [0.2, 0.25) is 0 Å². The van der Waals surface area contributed by atoms with Crippen LogP contribution >= 0.6 is 11.8 Å². The standard InChI is InChI=1S/C19H32O3S/c1-2-3-6-10-18(20)13-12-17-15-23-14-16(17)9-7-4-5-8-11-19(21)22/h4,7-8,11,16-18,20H,2-3,5-6,9-10,12-15H2,1H3,(H,21,22)/t16-,17+,18?/m1/s1. The molecule has 2 N–H and O–H groups in total. The van der Waals surface area contributed by atoms with Crippen LogP contribution in [0.4, 0.5) is 0 Å². The van der Waals surface area contributed by atoms with Crippen LogP contribution in [0.25, 0.3) is 0 Å². The van der Waals surface area contributed by atoms with Gasteiger partial charge >= 0.3 is 5.97 Å². The van der Waals surface area contributed by atoms with Gasteiger partial charge in [0.1, 0.15) is 0 Å². The Morgan fingerprint density at radius 3 is 2.70 bits per heavy atom. The highest BCUT2D eigenvalue weighted by atomic mass is 32.2. The summed E-state index contributed by atoms with van der Waals surface area (Å²) in [5.41, 5.74) is 0. The molecule has 1 heterocycles. The van der Waals surface area contributed by atoms with Gasteiger partial charge in [0.05, 0.1) is 6.10 Å². The van der Waals surface area contributed by atoms with Gasteiger partial charge in [0, 0.05) is 6.08 Å². The molecule has 1 rings (SSSR count). The summed E-state index contributed by atoms with van der Waals surface area (Å²) in [6, 6.07) is 0. The predicted octanol–water partition coefficient (Wildman–Crippen LogP) is 4.66. The van der Waals surface area contributed by atoms with E-state index in [0.717, 1.165) is 38.0 Å². The van der Waals surface area contributed by atoms with Crippen LogP contribution in [0.1, 0.15) is 58.3 Å². The second-order valence-corrected chi connectivity index (χ2v) is 7.54. The summed E-state index contributed by atoms with van der Waals surface area (Å²) in [5.74, 6) is 2.98. The first-order valence-electron chi connectivity index (χ1n) is 8.93. The van der Waals surface area contributed by atoms with Gasteiger partial charge < -0.3 is 10.2 Å². The average Bonchev–Trinajstić information content (AvgIpc) is 2.96. The molecular weight excluding hydrogens is 308 g/mol. The van der Waals surface area contributed by atoms with Gasteiger partial charge in [-0.1, -0.05) is 44.4 Å². The molecule has 3 nitrogen and oxygen atoms in total. The van der Waals surface area contributed by atoms with E-state index in [0.29, 0.717) is 12.3 Å². The van der Waals surface area contributed by atoms with Crippen LogP contribution in [-0.2, 0) is 4.79 Å². The van der Waals surface area contributed by atoms with Crippen LogP contribution in [-0.4, -0.2) is 33.8 Å². The van der Waals surface area contributed by atoms with Crippen LogP contribution in [0.2, 0.25) is 0 Å². The first kappa shape index (κ1) is 20.3. The second kappa shape index (κ2) is 12.7. The molecule has 3 atom stereocenters. The summed E-state index contributed by atoms with van der Waals surface area (Å²) in [6.07, 6.45) is 15.4. The van der Waals surface area contributed by atoms with Crippen LogP contribution in [0.5, 0.6) is 0 Å². The Balaban J connectivity index is 2.20. The van der Waals surface area contributed by atoms with Crippen molar-refractivity contribution in [2.45, 2.75) is 64.4 Å². The van der Waals surface area contributed by atoms with Gasteiger partial charge in [-0.05, 0) is 55.4 Å². The van der Waals surface area contributed by atoms with E-state index in [2.05, 4.69) is 19.1 Å². The lowest BCUT2D eigenvalue weighted by molar-refractivity contribution is -0.131. The lowest BCUT2D eigenvalue weighted by atomic mass is 9.87. The highest BCUT2D eigenvalue weighted by Crippen LogP contribution is 2.36. The molecule has 1 fully saturated rings. The number of carboxylic acid groups (broad SMARTS) is 1. The summed E-state index contributed by atoms with van der Waals surface area (Å²) < 4.78 is 0. The molecule has 0 amide bonds. The molecule has 0 aliphatic carbocycles. The minimum Gasteiger partial charge on any atom is -0.478 e. The predicted molar refractivity (Wildman–Crippen MR) is 98.8 cm³/mol. The Labute approximate surface area is 145 Å². The van der Waals surface area contributed by atoms with Crippen molar-refractivity contribution in [3.05, 3.63) is 24.3 Å². The molecule has 23 heavy (non-hydrogen) atoms. The molecule has 132 valence electrons. The molecule has 1 unspecified atom stereocenters. The smallest absolute Gasteiger partial charge is 0.327 e. The van der Waals surface area contributed by atoms with Crippen LogP contribution in [0, 0.1) is 11.8 Å².